The smallest absolute Gasteiger partial charge is 0.137 e. The Hall–Kier alpha value is -0.600. The molecule has 0 bridgehead atoms. The Balaban J connectivity index is 2.95. The molecule has 2 nitrogen and oxygen atoms in total. The molecule has 0 N–H and O–H groups in total. The predicted molar refractivity (Wildman–Crippen MR) is 57.1 cm³/mol. The van der Waals surface area contributed by atoms with Crippen LogP contribution in [0.1, 0.15) is 0 Å². The third-order valence-corrected chi connectivity index (χ3v) is 2.41. The Morgan fingerprint density at radius 3 is 2.62 bits per heavy atom. The summed E-state index contributed by atoms with van der Waals surface area (Å²) in [5.74, 6) is 0.674. The second-order valence-electron chi connectivity index (χ2n) is 2.64. The lowest BCUT2D eigenvalue weighted by Gasteiger charge is -2.16. The molecule has 1 rings (SSSR count). The van der Waals surface area contributed by atoms with Gasteiger partial charge in [0.25, 0.3) is 0 Å². The summed E-state index contributed by atoms with van der Waals surface area (Å²) in [5, 5.41) is 0.594. The predicted octanol–water partition coefficient (Wildman–Crippen LogP) is 2.98. The van der Waals surface area contributed by atoms with Gasteiger partial charge in [0.2, 0.25) is 0 Å². The summed E-state index contributed by atoms with van der Waals surface area (Å²) in [6.45, 7) is 0. The van der Waals surface area contributed by atoms with Gasteiger partial charge in [0.1, 0.15) is 5.75 Å². The fourth-order valence-corrected chi connectivity index (χ4v) is 1.35. The van der Waals surface area contributed by atoms with Crippen molar-refractivity contribution in [1.29, 1.82) is 0 Å². The van der Waals surface area contributed by atoms with Crippen molar-refractivity contribution in [1.82, 2.24) is 0 Å². The van der Waals surface area contributed by atoms with Crippen LogP contribution in [0.4, 0.5) is 5.69 Å². The highest BCUT2D eigenvalue weighted by molar-refractivity contribution is 6.32. The van der Waals surface area contributed by atoms with Gasteiger partial charge in [0, 0.05) is 12.7 Å². The minimum Gasteiger partial charge on any atom is -0.495 e. The molecule has 0 aromatic heterocycles. The van der Waals surface area contributed by atoms with Crippen LogP contribution < -0.4 is 9.64 Å². The van der Waals surface area contributed by atoms with Crippen molar-refractivity contribution in [3.63, 3.8) is 0 Å². The Morgan fingerprint density at radius 1 is 1.46 bits per heavy atom. The van der Waals surface area contributed by atoms with E-state index < -0.39 is 0 Å². The van der Waals surface area contributed by atoms with Crippen LogP contribution >= 0.6 is 23.2 Å². The van der Waals surface area contributed by atoms with E-state index >= 15 is 0 Å². The van der Waals surface area contributed by atoms with Crippen LogP contribution in [0.3, 0.4) is 0 Å². The molecule has 0 fully saturated rings. The summed E-state index contributed by atoms with van der Waals surface area (Å²) in [6, 6.07) is 5.99. The fourth-order valence-electron chi connectivity index (χ4n) is 0.962. The first-order chi connectivity index (χ1) is 6.19. The van der Waals surface area contributed by atoms with Crippen molar-refractivity contribution in [2.45, 2.75) is 0 Å². The summed E-state index contributed by atoms with van der Waals surface area (Å²) >= 11 is 11.6. The Morgan fingerprint density at radius 2 is 2.15 bits per heavy atom. The van der Waals surface area contributed by atoms with E-state index in [1.807, 2.05) is 30.1 Å². The largest absolute Gasteiger partial charge is 0.495 e. The first kappa shape index (κ1) is 10.5. The number of nitrogens with zero attached hydrogens (tertiary/aromatic N) is 1. The average Bonchev–Trinajstić information content (AvgIpc) is 2.16. The molecule has 0 saturated heterocycles. The first-order valence-corrected chi connectivity index (χ1v) is 4.71. The number of halogens is 2. The fraction of sp³-hybridized carbons (Fsp3) is 0.333. The summed E-state index contributed by atoms with van der Waals surface area (Å²) < 4.78 is 5.03. The zero-order valence-corrected chi connectivity index (χ0v) is 9.06. The molecular formula is C9H11Cl2NO. The third-order valence-electron chi connectivity index (χ3n) is 1.76. The Kier molecular flexibility index (Phi) is 3.70. The lowest BCUT2D eigenvalue weighted by atomic mass is 10.3. The molecule has 0 aliphatic rings. The van der Waals surface area contributed by atoms with E-state index in [1.165, 1.54) is 0 Å². The zero-order chi connectivity index (χ0) is 9.84. The van der Waals surface area contributed by atoms with Gasteiger partial charge in [-0.05, 0) is 18.2 Å². The van der Waals surface area contributed by atoms with Gasteiger partial charge < -0.3 is 9.64 Å². The van der Waals surface area contributed by atoms with E-state index in [0.717, 1.165) is 5.69 Å². The molecule has 0 amide bonds. The minimum absolute atomic E-state index is 0.433. The van der Waals surface area contributed by atoms with Gasteiger partial charge in [0.15, 0.2) is 0 Å². The van der Waals surface area contributed by atoms with Crippen LogP contribution in [0, 0.1) is 0 Å². The third kappa shape index (κ3) is 2.42. The van der Waals surface area contributed by atoms with Crippen LogP contribution in [-0.2, 0) is 0 Å². The maximum Gasteiger partial charge on any atom is 0.137 e. The van der Waals surface area contributed by atoms with Crippen LogP contribution in [0.5, 0.6) is 5.75 Å². The van der Waals surface area contributed by atoms with Crippen LogP contribution in [0.25, 0.3) is 0 Å². The van der Waals surface area contributed by atoms with E-state index in [2.05, 4.69) is 0 Å². The highest BCUT2D eigenvalue weighted by Gasteiger charge is 2.03. The number of rotatable bonds is 3. The highest BCUT2D eigenvalue weighted by Crippen LogP contribution is 2.28. The summed E-state index contributed by atoms with van der Waals surface area (Å²) in [5.41, 5.74) is 0.973. The lowest BCUT2D eigenvalue weighted by molar-refractivity contribution is 0.415. The van der Waals surface area contributed by atoms with Gasteiger partial charge in [-0.1, -0.05) is 11.6 Å². The molecular weight excluding hydrogens is 209 g/mol. The molecule has 13 heavy (non-hydrogen) atoms. The number of ether oxygens (including phenoxy) is 1. The molecule has 0 saturated carbocycles. The molecule has 0 aliphatic heterocycles. The molecule has 72 valence electrons. The minimum atomic E-state index is 0.433. The lowest BCUT2D eigenvalue weighted by Crippen LogP contribution is -2.13. The molecule has 0 radical (unpaired) electrons. The second-order valence-corrected chi connectivity index (χ2v) is 3.28. The molecule has 0 heterocycles. The van der Waals surface area contributed by atoms with E-state index in [0.29, 0.717) is 16.8 Å². The van der Waals surface area contributed by atoms with Crippen molar-refractivity contribution < 1.29 is 4.74 Å². The van der Waals surface area contributed by atoms with Crippen molar-refractivity contribution in [3.05, 3.63) is 23.2 Å². The summed E-state index contributed by atoms with van der Waals surface area (Å²) in [6.07, 6.45) is 0. The van der Waals surface area contributed by atoms with Crippen LogP contribution in [0.15, 0.2) is 18.2 Å². The van der Waals surface area contributed by atoms with Crippen LogP contribution in [0.2, 0.25) is 5.02 Å². The van der Waals surface area contributed by atoms with E-state index in [4.69, 9.17) is 27.9 Å². The molecule has 0 unspecified atom stereocenters. The van der Waals surface area contributed by atoms with Crippen molar-refractivity contribution in [2.24, 2.45) is 0 Å². The van der Waals surface area contributed by atoms with Gasteiger partial charge in [0.05, 0.1) is 18.1 Å². The highest BCUT2D eigenvalue weighted by atomic mass is 35.5. The number of hydrogen-bond donors (Lipinski definition) is 0. The summed E-state index contributed by atoms with van der Waals surface area (Å²) in [7, 11) is 3.48. The Bertz CT molecular complexity index is 291. The molecule has 1 aromatic carbocycles. The maximum atomic E-state index is 5.94. The van der Waals surface area contributed by atoms with Gasteiger partial charge >= 0.3 is 0 Å². The first-order valence-electron chi connectivity index (χ1n) is 3.79. The quantitative estimate of drug-likeness (QED) is 0.573. The molecule has 4 heteroatoms. The van der Waals surface area contributed by atoms with E-state index in [9.17, 15) is 0 Å². The van der Waals surface area contributed by atoms with E-state index in [1.54, 1.807) is 7.11 Å². The Labute approximate surface area is 88.0 Å². The maximum absolute atomic E-state index is 5.94. The van der Waals surface area contributed by atoms with Gasteiger partial charge in [-0.25, -0.2) is 0 Å². The average molecular weight is 220 g/mol. The number of methoxy groups -OCH3 is 1. The van der Waals surface area contributed by atoms with Crippen molar-refractivity contribution in [3.8, 4) is 5.75 Å². The number of alkyl halides is 1. The molecule has 0 aliphatic carbocycles. The SMILES string of the molecule is COc1ccc(N(C)CCl)cc1Cl. The number of anilines is 1. The van der Waals surface area contributed by atoms with Crippen molar-refractivity contribution in [2.75, 3.05) is 25.1 Å². The van der Waals surface area contributed by atoms with Crippen LogP contribution in [-0.4, -0.2) is 20.2 Å². The van der Waals surface area contributed by atoms with E-state index in [-0.39, 0.29) is 0 Å². The standard InChI is InChI=1S/C9H11Cl2NO/c1-12(6-10)7-3-4-9(13-2)8(11)5-7/h3-5H,6H2,1-2H3. The van der Waals surface area contributed by atoms with Crippen molar-refractivity contribution >= 4 is 28.9 Å². The number of hydrogen-bond acceptors (Lipinski definition) is 2. The monoisotopic (exact) mass is 219 g/mol. The molecule has 0 spiro atoms. The number of benzene rings is 1. The van der Waals surface area contributed by atoms with Gasteiger partial charge in [-0.2, -0.15) is 0 Å². The topological polar surface area (TPSA) is 12.5 Å². The zero-order valence-electron chi connectivity index (χ0n) is 7.55. The summed E-state index contributed by atoms with van der Waals surface area (Å²) in [4.78, 5) is 1.88. The normalized spacial score (nSPS) is 9.85. The molecule has 0 atom stereocenters. The second kappa shape index (κ2) is 4.58. The van der Waals surface area contributed by atoms with Gasteiger partial charge in [-0.15, -0.1) is 11.6 Å². The van der Waals surface area contributed by atoms with Gasteiger partial charge in [-0.3, -0.25) is 0 Å². The molecule has 1 aromatic rings.